The van der Waals surface area contributed by atoms with Gasteiger partial charge in [0.05, 0.1) is 5.57 Å². The molecule has 1 amide bonds. The second-order valence-corrected chi connectivity index (χ2v) is 7.48. The van der Waals surface area contributed by atoms with Gasteiger partial charge in [-0.25, -0.2) is 18.0 Å². The maximum absolute atomic E-state index is 12.5. The van der Waals surface area contributed by atoms with Crippen molar-refractivity contribution in [2.45, 2.75) is 23.1 Å². The van der Waals surface area contributed by atoms with Crippen LogP contribution in [-0.4, -0.2) is 70.6 Å². The summed E-state index contributed by atoms with van der Waals surface area (Å²) in [5.41, 5.74) is -0.520. The molecule has 2 heterocycles. The predicted molar refractivity (Wildman–Crippen MR) is 67.1 cm³/mol. The molecule has 2 saturated heterocycles. The lowest BCUT2D eigenvalue weighted by Gasteiger charge is -2.37. The Balaban J connectivity index is 2.59. The van der Waals surface area contributed by atoms with Gasteiger partial charge in [0.25, 0.3) is 12.4 Å². The minimum atomic E-state index is -4.31. The maximum Gasteiger partial charge on any atom is 0.328 e. The van der Waals surface area contributed by atoms with E-state index in [2.05, 4.69) is 4.74 Å². The third kappa shape index (κ3) is 1.81. The van der Waals surface area contributed by atoms with Gasteiger partial charge >= 0.3 is 11.9 Å². The lowest BCUT2D eigenvalue weighted by molar-refractivity contribution is -0.154. The van der Waals surface area contributed by atoms with E-state index in [1.807, 2.05) is 0 Å². The largest absolute Gasteiger partial charge is 0.480 e. The summed E-state index contributed by atoms with van der Waals surface area (Å²) in [5, 5.41) is 16.3. The highest BCUT2D eigenvalue weighted by Crippen LogP contribution is 2.48. The van der Waals surface area contributed by atoms with E-state index < -0.39 is 56.0 Å². The fourth-order valence-corrected chi connectivity index (χ4v) is 5.01. The molecule has 10 nitrogen and oxygen atoms in total. The summed E-state index contributed by atoms with van der Waals surface area (Å²) >= 11 is 0. The number of fused-ring (bicyclic) bond motifs is 1. The predicted octanol–water partition coefficient (Wildman–Crippen LogP) is -2.02. The molecule has 2 fully saturated rings. The van der Waals surface area contributed by atoms with Gasteiger partial charge in [-0.15, -0.1) is 0 Å². The fraction of sp³-hybridized carbons (Fsp3) is 0.455. The molecule has 2 aliphatic heterocycles. The number of carbonyl (C=O) groups excluding carboxylic acids is 2. The van der Waals surface area contributed by atoms with Crippen LogP contribution in [-0.2, 0) is 33.8 Å². The number of ether oxygens (including phenoxy) is 1. The van der Waals surface area contributed by atoms with Gasteiger partial charge in [-0.3, -0.25) is 9.59 Å². The van der Waals surface area contributed by atoms with E-state index >= 15 is 0 Å². The second kappa shape index (κ2) is 4.80. The molecule has 2 rings (SSSR count). The zero-order valence-electron chi connectivity index (χ0n) is 11.1. The molecule has 11 heteroatoms. The molecule has 2 N–H and O–H groups in total. The molecular formula is C11H11NO9S. The summed E-state index contributed by atoms with van der Waals surface area (Å²) < 4.78 is 27.4. The Morgan fingerprint density at radius 1 is 1.41 bits per heavy atom. The van der Waals surface area contributed by atoms with Gasteiger partial charge < -0.3 is 19.8 Å². The van der Waals surface area contributed by atoms with Crippen LogP contribution in [0.15, 0.2) is 11.6 Å². The van der Waals surface area contributed by atoms with Crippen molar-refractivity contribution < 1.29 is 42.5 Å². The summed E-state index contributed by atoms with van der Waals surface area (Å²) in [4.78, 5) is 44.9. The summed E-state index contributed by atoms with van der Waals surface area (Å²) in [6.45, 7) is 0.232. The molecule has 0 radical (unpaired) electrons. The highest BCUT2D eigenvalue weighted by atomic mass is 32.2. The highest BCUT2D eigenvalue weighted by molar-refractivity contribution is 7.94. The van der Waals surface area contributed by atoms with Crippen molar-refractivity contribution in [3.05, 3.63) is 11.6 Å². The van der Waals surface area contributed by atoms with Crippen LogP contribution in [0.5, 0.6) is 0 Å². The van der Waals surface area contributed by atoms with E-state index in [1.54, 1.807) is 0 Å². The van der Waals surface area contributed by atoms with Gasteiger partial charge in [0.2, 0.25) is 0 Å². The Labute approximate surface area is 123 Å². The highest BCUT2D eigenvalue weighted by Gasteiger charge is 2.72. The number of amides is 1. The van der Waals surface area contributed by atoms with Crippen molar-refractivity contribution in [1.29, 1.82) is 0 Å². The molecule has 0 aromatic heterocycles. The van der Waals surface area contributed by atoms with E-state index in [1.165, 1.54) is 0 Å². The lowest BCUT2D eigenvalue weighted by Crippen LogP contribution is -2.59. The molecule has 3 atom stereocenters. The topological polar surface area (TPSA) is 155 Å². The Kier molecular flexibility index (Phi) is 3.48. The molecule has 1 unspecified atom stereocenters. The normalized spacial score (nSPS) is 34.0. The number of aliphatic carboxylic acids is 2. The number of carbonyl (C=O) groups is 4. The van der Waals surface area contributed by atoms with Crippen LogP contribution < -0.4 is 0 Å². The smallest absolute Gasteiger partial charge is 0.328 e. The maximum atomic E-state index is 12.5. The van der Waals surface area contributed by atoms with Crippen molar-refractivity contribution in [2.75, 3.05) is 6.61 Å². The molecule has 22 heavy (non-hydrogen) atoms. The monoisotopic (exact) mass is 333 g/mol. The van der Waals surface area contributed by atoms with Crippen molar-refractivity contribution >= 4 is 34.2 Å². The fourth-order valence-electron chi connectivity index (χ4n) is 2.73. The molecule has 0 aromatic carbocycles. The van der Waals surface area contributed by atoms with Gasteiger partial charge in [-0.2, -0.15) is 0 Å². The van der Waals surface area contributed by atoms with Gasteiger partial charge in [-0.05, 0) is 6.92 Å². The van der Waals surface area contributed by atoms with Crippen LogP contribution in [0.4, 0.5) is 0 Å². The third-order valence-electron chi connectivity index (χ3n) is 3.75. The van der Waals surface area contributed by atoms with Gasteiger partial charge in [0.1, 0.15) is 11.4 Å². The van der Waals surface area contributed by atoms with Crippen LogP contribution >= 0.6 is 0 Å². The van der Waals surface area contributed by atoms with Crippen LogP contribution in [0.2, 0.25) is 0 Å². The first-order valence-corrected chi connectivity index (χ1v) is 7.43. The molecule has 2 aliphatic rings. The first kappa shape index (κ1) is 15.9. The van der Waals surface area contributed by atoms with Crippen LogP contribution in [0.25, 0.3) is 0 Å². The Bertz CT molecular complexity index is 709. The first-order chi connectivity index (χ1) is 10.1. The van der Waals surface area contributed by atoms with E-state index in [4.69, 9.17) is 5.11 Å². The van der Waals surface area contributed by atoms with Crippen molar-refractivity contribution in [3.63, 3.8) is 0 Å². The van der Waals surface area contributed by atoms with E-state index in [-0.39, 0.29) is 6.47 Å². The summed E-state index contributed by atoms with van der Waals surface area (Å²) in [5.74, 6) is -4.10. The minimum absolute atomic E-state index is 0.0366. The number of carboxylic acid groups (broad SMARTS) is 2. The molecule has 120 valence electrons. The van der Waals surface area contributed by atoms with Crippen molar-refractivity contribution in [1.82, 2.24) is 4.90 Å². The Morgan fingerprint density at radius 2 is 2.00 bits per heavy atom. The zero-order valence-corrected chi connectivity index (χ0v) is 11.9. The number of nitrogens with zero attached hydrogens (tertiary/aromatic N) is 1. The second-order valence-electron chi connectivity index (χ2n) is 5.01. The van der Waals surface area contributed by atoms with Crippen molar-refractivity contribution in [2.24, 2.45) is 0 Å². The van der Waals surface area contributed by atoms with Crippen LogP contribution in [0.3, 0.4) is 0 Å². The molecule has 0 saturated carbocycles. The quantitative estimate of drug-likeness (QED) is 0.329. The summed E-state index contributed by atoms with van der Waals surface area (Å²) in [6, 6.07) is -1.78. The molecule has 0 aliphatic carbocycles. The van der Waals surface area contributed by atoms with Gasteiger partial charge in [-0.1, -0.05) is 0 Å². The molecular weight excluding hydrogens is 322 g/mol. The standard InChI is InChI=1S/C11H11NO9S/c1-11(3-21-4-13)7(10(17)18)12-8(16)5(2-6(14)15)9(12)22(11,19)20/h2,4,7,9H,3H2,1H3,(H,14,15)(H,17,18)/b5-2-/t7-,9?,11-/m0/s1. The Morgan fingerprint density at radius 3 is 2.45 bits per heavy atom. The third-order valence-corrected chi connectivity index (χ3v) is 6.46. The SMILES string of the molecule is C[C@]1(COC=O)[C@H](C(=O)O)N2C(=O)/C(=C/C(=O)O)C2S1(=O)=O. The van der Waals surface area contributed by atoms with Crippen LogP contribution in [0.1, 0.15) is 6.92 Å². The molecule has 0 spiro atoms. The number of hydrogen-bond acceptors (Lipinski definition) is 7. The summed E-state index contributed by atoms with van der Waals surface area (Å²) in [7, 11) is -4.31. The number of hydrogen-bond donors (Lipinski definition) is 2. The average Bonchev–Trinajstić information content (AvgIpc) is 2.57. The molecule has 0 bridgehead atoms. The number of β-lactam (4-membered cyclic amide) rings is 1. The van der Waals surface area contributed by atoms with E-state index in [0.717, 1.165) is 6.92 Å². The van der Waals surface area contributed by atoms with E-state index in [0.29, 0.717) is 11.0 Å². The molecule has 0 aromatic rings. The van der Waals surface area contributed by atoms with Crippen molar-refractivity contribution in [3.8, 4) is 0 Å². The minimum Gasteiger partial charge on any atom is -0.480 e. The number of rotatable bonds is 5. The average molecular weight is 333 g/mol. The summed E-state index contributed by atoms with van der Waals surface area (Å²) in [6.07, 6.45) is 0.437. The van der Waals surface area contributed by atoms with Gasteiger partial charge in [0, 0.05) is 6.08 Å². The first-order valence-electron chi connectivity index (χ1n) is 5.88. The van der Waals surface area contributed by atoms with Crippen LogP contribution in [0, 0.1) is 0 Å². The van der Waals surface area contributed by atoms with Gasteiger partial charge in [0.15, 0.2) is 21.3 Å². The zero-order chi connectivity index (χ0) is 16.9. The number of carboxylic acids is 2. The Hall–Kier alpha value is -2.43. The lowest BCUT2D eigenvalue weighted by atomic mass is 9.95. The van der Waals surface area contributed by atoms with E-state index in [9.17, 15) is 32.7 Å². The number of sulfone groups is 1.